The summed E-state index contributed by atoms with van der Waals surface area (Å²) in [6.45, 7) is 3.80. The summed E-state index contributed by atoms with van der Waals surface area (Å²) in [5.41, 5.74) is 1.13. The fourth-order valence-electron chi connectivity index (χ4n) is 1.06. The molecule has 16 heavy (non-hydrogen) atoms. The van der Waals surface area contributed by atoms with Crippen LogP contribution in [0.4, 0.5) is 0 Å². The number of ether oxygens (including phenoxy) is 1. The summed E-state index contributed by atoms with van der Waals surface area (Å²) < 4.78 is 16.1. The first-order valence-corrected chi connectivity index (χ1v) is 6.33. The maximum Gasteiger partial charge on any atom is 0.339 e. The van der Waals surface area contributed by atoms with Gasteiger partial charge < -0.3 is 4.74 Å². The predicted octanol–water partition coefficient (Wildman–Crippen LogP) is 1.53. The van der Waals surface area contributed by atoms with Gasteiger partial charge in [-0.2, -0.15) is 0 Å². The molecule has 0 aliphatic carbocycles. The van der Waals surface area contributed by atoms with Crippen molar-refractivity contribution in [2.24, 2.45) is 0 Å². The van der Waals surface area contributed by atoms with Crippen LogP contribution in [0.1, 0.15) is 29.9 Å². The molecule has 0 fully saturated rings. The van der Waals surface area contributed by atoms with Crippen LogP contribution in [0.2, 0.25) is 0 Å². The van der Waals surface area contributed by atoms with Gasteiger partial charge in [0.15, 0.2) is 0 Å². The molecular weight excluding hydrogens is 226 g/mol. The zero-order valence-corrected chi connectivity index (χ0v) is 10.4. The van der Waals surface area contributed by atoms with Gasteiger partial charge in [0.2, 0.25) is 0 Å². The average Bonchev–Trinajstić information content (AvgIpc) is 2.28. The predicted molar refractivity (Wildman–Crippen MR) is 62.6 cm³/mol. The average molecular weight is 241 g/mol. The molecule has 1 rings (SSSR count). The van der Waals surface area contributed by atoms with Gasteiger partial charge in [-0.25, -0.2) is 4.79 Å². The van der Waals surface area contributed by atoms with E-state index in [-0.39, 0.29) is 5.25 Å². The fraction of sp³-hybridized carbons (Fsp3) is 0.455. The lowest BCUT2D eigenvalue weighted by atomic mass is 10.2. The minimum Gasteiger partial charge on any atom is -0.465 e. The van der Waals surface area contributed by atoms with Crippen LogP contribution >= 0.6 is 0 Å². The van der Waals surface area contributed by atoms with Crippen LogP contribution in [-0.2, 0) is 21.3 Å². The van der Waals surface area contributed by atoms with E-state index in [1.54, 1.807) is 12.1 Å². The minimum absolute atomic E-state index is 0.113. The highest BCUT2D eigenvalue weighted by Gasteiger charge is 2.09. The zero-order chi connectivity index (χ0) is 12.1. The Hall–Kier alpha value is -1.23. The summed E-state index contributed by atoms with van der Waals surface area (Å²) in [5.74, 6) is 0.00286. The molecule has 0 amide bonds. The summed E-state index contributed by atoms with van der Waals surface area (Å²) >= 11 is 0. The summed E-state index contributed by atoms with van der Waals surface area (Å²) in [5, 5.41) is 0.113. The molecular formula is C11H15NO3S. The number of aromatic nitrogens is 1. The maximum atomic E-state index is 11.6. The van der Waals surface area contributed by atoms with Gasteiger partial charge in [-0.05, 0) is 12.1 Å². The van der Waals surface area contributed by atoms with Crippen molar-refractivity contribution in [2.45, 2.75) is 24.9 Å². The molecule has 0 bridgehead atoms. The number of esters is 1. The topological polar surface area (TPSA) is 56.3 Å². The summed E-state index contributed by atoms with van der Waals surface area (Å²) in [6, 6.07) is 3.33. The van der Waals surface area contributed by atoms with Gasteiger partial charge in [0.05, 0.1) is 24.1 Å². The van der Waals surface area contributed by atoms with Gasteiger partial charge in [0.1, 0.15) is 0 Å². The number of methoxy groups -OCH3 is 1. The molecule has 1 aromatic rings. The quantitative estimate of drug-likeness (QED) is 0.750. The van der Waals surface area contributed by atoms with Gasteiger partial charge in [-0.1, -0.05) is 13.8 Å². The Labute approximate surface area is 97.5 Å². The summed E-state index contributed by atoms with van der Waals surface area (Å²) in [4.78, 5) is 15.2. The molecule has 0 aromatic carbocycles. The van der Waals surface area contributed by atoms with E-state index in [1.807, 2.05) is 13.8 Å². The molecule has 1 unspecified atom stereocenters. The molecule has 0 radical (unpaired) electrons. The second kappa shape index (κ2) is 5.75. The van der Waals surface area contributed by atoms with Crippen LogP contribution in [-0.4, -0.2) is 27.5 Å². The Bertz CT molecular complexity index is 387. The second-order valence-electron chi connectivity index (χ2n) is 3.60. The van der Waals surface area contributed by atoms with Crippen molar-refractivity contribution in [3.8, 4) is 0 Å². The van der Waals surface area contributed by atoms with Crippen molar-refractivity contribution in [3.63, 3.8) is 0 Å². The van der Waals surface area contributed by atoms with Gasteiger partial charge in [-0.3, -0.25) is 9.19 Å². The second-order valence-corrected chi connectivity index (χ2v) is 5.60. The van der Waals surface area contributed by atoms with Crippen LogP contribution in [0.15, 0.2) is 18.3 Å². The standard InChI is InChI=1S/C11H15NO3S/c1-8(2)16(14)7-10-5-4-9(6-12-10)11(13)15-3/h4-6,8H,7H2,1-3H3. The van der Waals surface area contributed by atoms with E-state index >= 15 is 0 Å². The first kappa shape index (κ1) is 12.8. The summed E-state index contributed by atoms with van der Waals surface area (Å²) in [7, 11) is 0.403. The van der Waals surface area contributed by atoms with Crippen LogP contribution in [0.5, 0.6) is 0 Å². The third-order valence-corrected chi connectivity index (χ3v) is 3.69. The Morgan fingerprint density at radius 3 is 2.62 bits per heavy atom. The highest BCUT2D eigenvalue weighted by Crippen LogP contribution is 2.06. The third kappa shape index (κ3) is 3.41. The van der Waals surface area contributed by atoms with Crippen molar-refractivity contribution in [1.29, 1.82) is 0 Å². The maximum absolute atomic E-state index is 11.6. The molecule has 1 heterocycles. The van der Waals surface area contributed by atoms with Crippen LogP contribution in [0, 0.1) is 0 Å². The molecule has 0 saturated carbocycles. The number of pyridine rings is 1. The SMILES string of the molecule is COC(=O)c1ccc(CS(=O)C(C)C)nc1. The van der Waals surface area contributed by atoms with Gasteiger partial charge in [-0.15, -0.1) is 0 Å². The molecule has 0 saturated heterocycles. The normalized spacial score (nSPS) is 12.5. The van der Waals surface area contributed by atoms with Gasteiger partial charge >= 0.3 is 5.97 Å². The largest absolute Gasteiger partial charge is 0.465 e. The van der Waals surface area contributed by atoms with E-state index < -0.39 is 16.8 Å². The smallest absolute Gasteiger partial charge is 0.339 e. The first-order chi connectivity index (χ1) is 7.54. The number of carbonyl (C=O) groups excluding carboxylic acids is 1. The van der Waals surface area contributed by atoms with E-state index in [4.69, 9.17) is 0 Å². The lowest BCUT2D eigenvalue weighted by Gasteiger charge is -2.05. The molecule has 0 aliphatic heterocycles. The molecule has 88 valence electrons. The van der Waals surface area contributed by atoms with Crippen LogP contribution in [0.25, 0.3) is 0 Å². The van der Waals surface area contributed by atoms with Crippen molar-refractivity contribution in [3.05, 3.63) is 29.6 Å². The van der Waals surface area contributed by atoms with Crippen molar-refractivity contribution in [2.75, 3.05) is 7.11 Å². The molecule has 0 spiro atoms. The number of hydrogen-bond acceptors (Lipinski definition) is 4. The van der Waals surface area contributed by atoms with E-state index in [0.717, 1.165) is 5.69 Å². The first-order valence-electron chi connectivity index (χ1n) is 4.95. The minimum atomic E-state index is -0.920. The molecule has 0 N–H and O–H groups in total. The number of hydrogen-bond donors (Lipinski definition) is 0. The van der Waals surface area contributed by atoms with Crippen LogP contribution in [0.3, 0.4) is 0 Å². The summed E-state index contributed by atoms with van der Waals surface area (Å²) in [6.07, 6.45) is 1.44. The lowest BCUT2D eigenvalue weighted by molar-refractivity contribution is 0.0600. The molecule has 1 aromatic heterocycles. The highest BCUT2D eigenvalue weighted by molar-refractivity contribution is 7.84. The Kier molecular flexibility index (Phi) is 4.61. The monoisotopic (exact) mass is 241 g/mol. The third-order valence-electron chi connectivity index (χ3n) is 2.06. The van der Waals surface area contributed by atoms with Crippen molar-refractivity contribution in [1.82, 2.24) is 4.98 Å². The molecule has 0 aliphatic rings. The van der Waals surface area contributed by atoms with Crippen LogP contribution < -0.4 is 0 Å². The van der Waals surface area contributed by atoms with E-state index in [9.17, 15) is 9.00 Å². The Morgan fingerprint density at radius 1 is 1.50 bits per heavy atom. The Balaban J connectivity index is 2.72. The number of nitrogens with zero attached hydrogens (tertiary/aromatic N) is 1. The molecule has 4 nitrogen and oxygen atoms in total. The molecule has 1 atom stereocenters. The highest BCUT2D eigenvalue weighted by atomic mass is 32.2. The van der Waals surface area contributed by atoms with E-state index in [1.165, 1.54) is 13.3 Å². The van der Waals surface area contributed by atoms with E-state index in [2.05, 4.69) is 9.72 Å². The number of carbonyl (C=O) groups is 1. The Morgan fingerprint density at radius 2 is 2.19 bits per heavy atom. The number of rotatable bonds is 4. The van der Waals surface area contributed by atoms with Gasteiger partial charge in [0, 0.05) is 22.2 Å². The fourth-order valence-corrected chi connectivity index (χ4v) is 1.86. The van der Waals surface area contributed by atoms with E-state index in [0.29, 0.717) is 11.3 Å². The van der Waals surface area contributed by atoms with Crippen molar-refractivity contribution >= 4 is 16.8 Å². The lowest BCUT2D eigenvalue weighted by Crippen LogP contribution is -2.09. The zero-order valence-electron chi connectivity index (χ0n) is 9.60. The van der Waals surface area contributed by atoms with Gasteiger partial charge in [0.25, 0.3) is 0 Å². The van der Waals surface area contributed by atoms with Crippen molar-refractivity contribution < 1.29 is 13.7 Å². The molecule has 5 heteroatoms.